The number of rotatable bonds is 2. The molecule has 2 atom stereocenters. The van der Waals surface area contributed by atoms with Crippen LogP contribution in [0.2, 0.25) is 5.15 Å². The highest BCUT2D eigenvalue weighted by Crippen LogP contribution is 2.43. The van der Waals surface area contributed by atoms with Gasteiger partial charge in [0.1, 0.15) is 5.15 Å². The lowest BCUT2D eigenvalue weighted by Crippen LogP contribution is -2.25. The third-order valence-electron chi connectivity index (χ3n) is 3.70. The molecule has 4 N–H and O–H groups in total. The van der Waals surface area contributed by atoms with Gasteiger partial charge >= 0.3 is 0 Å². The van der Waals surface area contributed by atoms with Crippen LogP contribution in [0, 0.1) is 0 Å². The standard InChI is InChI=1S/C15H15ClN2O3/c16-14-5-8(3-4-18-14)12-6-10-9(13(7-17)21-12)1-2-11(19)15(10)20/h1-5,12-13,19-20H,6-7,17H2. The van der Waals surface area contributed by atoms with Gasteiger partial charge in [0.2, 0.25) is 0 Å². The van der Waals surface area contributed by atoms with Gasteiger partial charge in [0.25, 0.3) is 0 Å². The second kappa shape index (κ2) is 5.52. The number of phenolic OH excluding ortho intramolecular Hbond substituents is 2. The fourth-order valence-corrected chi connectivity index (χ4v) is 2.84. The van der Waals surface area contributed by atoms with Gasteiger partial charge in [0, 0.05) is 24.7 Å². The molecule has 2 unspecified atom stereocenters. The zero-order valence-corrected chi connectivity index (χ0v) is 11.9. The second-order valence-corrected chi connectivity index (χ2v) is 5.35. The molecule has 1 aromatic heterocycles. The first kappa shape index (κ1) is 14.1. The SMILES string of the molecule is NCC1OC(c2ccnc(Cl)c2)Cc2c1ccc(O)c2O. The van der Waals surface area contributed by atoms with Gasteiger partial charge < -0.3 is 20.7 Å². The predicted octanol–water partition coefficient (Wildman–Crippen LogP) is 2.46. The summed E-state index contributed by atoms with van der Waals surface area (Å²) in [7, 11) is 0. The molecule has 2 aromatic rings. The summed E-state index contributed by atoms with van der Waals surface area (Å²) in [5.74, 6) is -0.252. The van der Waals surface area contributed by atoms with Crippen molar-refractivity contribution in [2.75, 3.05) is 6.54 Å². The highest BCUT2D eigenvalue weighted by atomic mass is 35.5. The molecule has 110 valence electrons. The molecule has 21 heavy (non-hydrogen) atoms. The maximum absolute atomic E-state index is 10.1. The molecule has 0 fully saturated rings. The summed E-state index contributed by atoms with van der Waals surface area (Å²) in [6.45, 7) is 0.284. The Bertz CT molecular complexity index is 678. The molecule has 3 rings (SSSR count). The van der Waals surface area contributed by atoms with Crippen LogP contribution >= 0.6 is 11.6 Å². The van der Waals surface area contributed by atoms with E-state index >= 15 is 0 Å². The Hall–Kier alpha value is -1.82. The Kier molecular flexibility index (Phi) is 3.71. The van der Waals surface area contributed by atoms with E-state index in [2.05, 4.69) is 4.98 Å². The van der Waals surface area contributed by atoms with Crippen LogP contribution in [-0.4, -0.2) is 21.7 Å². The quantitative estimate of drug-likeness (QED) is 0.586. The van der Waals surface area contributed by atoms with Crippen molar-refractivity contribution >= 4 is 11.6 Å². The van der Waals surface area contributed by atoms with Crippen LogP contribution in [0.1, 0.15) is 28.9 Å². The van der Waals surface area contributed by atoms with Crippen LogP contribution in [-0.2, 0) is 11.2 Å². The Balaban J connectivity index is 2.03. The van der Waals surface area contributed by atoms with Crippen molar-refractivity contribution in [3.63, 3.8) is 0 Å². The van der Waals surface area contributed by atoms with Crippen LogP contribution < -0.4 is 5.73 Å². The normalized spacial score (nSPS) is 21.0. The molecule has 6 heteroatoms. The zero-order valence-electron chi connectivity index (χ0n) is 11.2. The van der Waals surface area contributed by atoms with Crippen LogP contribution in [0.3, 0.4) is 0 Å². The Morgan fingerprint density at radius 1 is 1.33 bits per heavy atom. The van der Waals surface area contributed by atoms with Gasteiger partial charge in [0.05, 0.1) is 12.2 Å². The summed E-state index contributed by atoms with van der Waals surface area (Å²) in [6, 6.07) is 6.72. The van der Waals surface area contributed by atoms with Crippen molar-refractivity contribution in [2.24, 2.45) is 5.73 Å². The molecule has 0 saturated heterocycles. The van der Waals surface area contributed by atoms with E-state index in [-0.39, 0.29) is 30.3 Å². The minimum absolute atomic E-state index is 0.112. The number of aromatic hydroxyl groups is 2. The smallest absolute Gasteiger partial charge is 0.161 e. The first-order valence-corrected chi connectivity index (χ1v) is 6.98. The van der Waals surface area contributed by atoms with Crippen molar-refractivity contribution < 1.29 is 14.9 Å². The van der Waals surface area contributed by atoms with Crippen molar-refractivity contribution in [3.05, 3.63) is 52.3 Å². The predicted molar refractivity (Wildman–Crippen MR) is 78.3 cm³/mol. The van der Waals surface area contributed by atoms with Gasteiger partial charge in [0.15, 0.2) is 11.5 Å². The molecule has 0 spiro atoms. The summed E-state index contributed by atoms with van der Waals surface area (Å²) in [6.07, 6.45) is 1.42. The molecule has 0 bridgehead atoms. The summed E-state index contributed by atoms with van der Waals surface area (Å²) >= 11 is 5.91. The molecule has 0 radical (unpaired) electrons. The largest absolute Gasteiger partial charge is 0.504 e. The van der Waals surface area contributed by atoms with E-state index in [0.29, 0.717) is 17.1 Å². The third kappa shape index (κ3) is 2.55. The molecule has 0 aliphatic carbocycles. The van der Waals surface area contributed by atoms with Gasteiger partial charge in [-0.1, -0.05) is 17.7 Å². The first-order chi connectivity index (χ1) is 10.1. The van der Waals surface area contributed by atoms with Crippen molar-refractivity contribution in [2.45, 2.75) is 18.6 Å². The molecule has 5 nitrogen and oxygen atoms in total. The van der Waals surface area contributed by atoms with E-state index in [4.69, 9.17) is 22.1 Å². The summed E-state index contributed by atoms with van der Waals surface area (Å²) in [5.41, 5.74) is 8.10. The summed E-state index contributed by atoms with van der Waals surface area (Å²) in [5, 5.41) is 20.2. The lowest BCUT2D eigenvalue weighted by molar-refractivity contribution is -0.0231. The van der Waals surface area contributed by atoms with Crippen molar-refractivity contribution in [3.8, 4) is 11.5 Å². The van der Waals surface area contributed by atoms with Gasteiger partial charge in [-0.25, -0.2) is 4.98 Å². The topological polar surface area (TPSA) is 88.6 Å². The molecule has 1 aliphatic heterocycles. The lowest BCUT2D eigenvalue weighted by atomic mass is 9.90. The Morgan fingerprint density at radius 2 is 2.14 bits per heavy atom. The fourth-order valence-electron chi connectivity index (χ4n) is 2.66. The van der Waals surface area contributed by atoms with E-state index in [9.17, 15) is 10.2 Å². The minimum atomic E-state index is -0.336. The van der Waals surface area contributed by atoms with Crippen LogP contribution in [0.25, 0.3) is 0 Å². The number of hydrogen-bond donors (Lipinski definition) is 3. The van der Waals surface area contributed by atoms with Crippen LogP contribution in [0.5, 0.6) is 11.5 Å². The van der Waals surface area contributed by atoms with Gasteiger partial charge in [-0.05, 0) is 29.3 Å². The van der Waals surface area contributed by atoms with Gasteiger partial charge in [-0.3, -0.25) is 0 Å². The highest BCUT2D eigenvalue weighted by molar-refractivity contribution is 6.29. The number of halogens is 1. The molecular formula is C15H15ClN2O3. The van der Waals surface area contributed by atoms with E-state index in [1.165, 1.54) is 6.07 Å². The molecular weight excluding hydrogens is 292 g/mol. The highest BCUT2D eigenvalue weighted by Gasteiger charge is 2.30. The number of fused-ring (bicyclic) bond motifs is 1. The molecule has 1 aromatic carbocycles. The van der Waals surface area contributed by atoms with E-state index in [0.717, 1.165) is 11.1 Å². The number of hydrogen-bond acceptors (Lipinski definition) is 5. The number of benzene rings is 1. The maximum atomic E-state index is 10.1. The number of nitrogens with zero attached hydrogens (tertiary/aromatic N) is 1. The molecule has 0 saturated carbocycles. The Labute approximate surface area is 127 Å². The minimum Gasteiger partial charge on any atom is -0.504 e. The second-order valence-electron chi connectivity index (χ2n) is 4.97. The average molecular weight is 307 g/mol. The number of ether oxygens (including phenoxy) is 1. The van der Waals surface area contributed by atoms with Crippen molar-refractivity contribution in [1.29, 1.82) is 0 Å². The monoisotopic (exact) mass is 306 g/mol. The number of aromatic nitrogens is 1. The van der Waals surface area contributed by atoms with Crippen LogP contribution in [0.15, 0.2) is 30.5 Å². The first-order valence-electron chi connectivity index (χ1n) is 6.61. The molecule has 1 aliphatic rings. The van der Waals surface area contributed by atoms with Gasteiger partial charge in [-0.15, -0.1) is 0 Å². The molecule has 2 heterocycles. The Morgan fingerprint density at radius 3 is 2.86 bits per heavy atom. The number of nitrogens with two attached hydrogens (primary N) is 1. The maximum Gasteiger partial charge on any atom is 0.161 e. The van der Waals surface area contributed by atoms with Crippen LogP contribution in [0.4, 0.5) is 0 Å². The number of pyridine rings is 1. The van der Waals surface area contributed by atoms with E-state index in [1.54, 1.807) is 18.3 Å². The van der Waals surface area contributed by atoms with E-state index < -0.39 is 0 Å². The van der Waals surface area contributed by atoms with Gasteiger partial charge in [-0.2, -0.15) is 0 Å². The zero-order chi connectivity index (χ0) is 15.0. The average Bonchev–Trinajstić information content (AvgIpc) is 2.50. The fraction of sp³-hybridized carbons (Fsp3) is 0.267. The lowest BCUT2D eigenvalue weighted by Gasteiger charge is -2.32. The summed E-state index contributed by atoms with van der Waals surface area (Å²) in [4.78, 5) is 3.95. The number of phenols is 2. The molecule has 0 amide bonds. The van der Waals surface area contributed by atoms with E-state index in [1.807, 2.05) is 6.07 Å². The van der Waals surface area contributed by atoms with Crippen molar-refractivity contribution in [1.82, 2.24) is 4.98 Å². The third-order valence-corrected chi connectivity index (χ3v) is 3.91. The summed E-state index contributed by atoms with van der Waals surface area (Å²) < 4.78 is 5.99.